The fourth-order valence-electron chi connectivity index (χ4n) is 0.915. The van der Waals surface area contributed by atoms with Crippen molar-refractivity contribution in [2.75, 3.05) is 12.0 Å². The minimum Gasteiger partial charge on any atom is -0.380 e. The highest BCUT2D eigenvalue weighted by Gasteiger charge is 2.03. The van der Waals surface area contributed by atoms with Crippen molar-refractivity contribution in [3.05, 3.63) is 12.4 Å². The molecule has 0 unspecified atom stereocenters. The summed E-state index contributed by atoms with van der Waals surface area (Å²) in [6.45, 7) is 0. The van der Waals surface area contributed by atoms with Crippen LogP contribution in [-0.2, 0) is 0 Å². The molecule has 5 nitrogen and oxygen atoms in total. The third-order valence-electron chi connectivity index (χ3n) is 1.44. The molecule has 2 aromatic heterocycles. The van der Waals surface area contributed by atoms with E-state index in [4.69, 9.17) is 5.73 Å². The monoisotopic (exact) mass is 181 g/mol. The third kappa shape index (κ3) is 1.00. The van der Waals surface area contributed by atoms with Crippen molar-refractivity contribution >= 4 is 23.2 Å². The number of nitrogen functional groups attached to an aromatic ring is 1. The molecule has 6 heteroatoms. The predicted molar refractivity (Wildman–Crippen MR) is 47.0 cm³/mol. The summed E-state index contributed by atoms with van der Waals surface area (Å²) in [4.78, 5) is 8.04. The van der Waals surface area contributed by atoms with Gasteiger partial charge in [0.2, 0.25) is 5.16 Å². The van der Waals surface area contributed by atoms with Crippen molar-refractivity contribution in [3.63, 3.8) is 0 Å². The van der Waals surface area contributed by atoms with Gasteiger partial charge in [0.1, 0.15) is 0 Å². The lowest BCUT2D eigenvalue weighted by Gasteiger charge is -1.98. The fraction of sp³-hybridized carbons (Fsp3) is 0.167. The topological polar surface area (TPSA) is 69.1 Å². The van der Waals surface area contributed by atoms with E-state index in [-0.39, 0.29) is 0 Å². The first-order valence-corrected chi connectivity index (χ1v) is 4.54. The summed E-state index contributed by atoms with van der Waals surface area (Å²) in [5.41, 5.74) is 6.23. The normalized spacial score (nSPS) is 10.8. The first-order chi connectivity index (χ1) is 5.81. The average Bonchev–Trinajstić information content (AvgIpc) is 2.52. The first-order valence-electron chi connectivity index (χ1n) is 3.32. The zero-order chi connectivity index (χ0) is 8.55. The van der Waals surface area contributed by atoms with Gasteiger partial charge in [-0.25, -0.2) is 14.5 Å². The van der Waals surface area contributed by atoms with Crippen LogP contribution in [0.1, 0.15) is 0 Å². The van der Waals surface area contributed by atoms with Crippen molar-refractivity contribution in [2.24, 2.45) is 0 Å². The molecule has 2 rings (SSSR count). The molecule has 0 aromatic carbocycles. The minimum atomic E-state index is 0.416. The summed E-state index contributed by atoms with van der Waals surface area (Å²) >= 11 is 1.45. The second kappa shape index (κ2) is 2.63. The number of aromatic nitrogens is 4. The molecule has 0 saturated carbocycles. The van der Waals surface area contributed by atoms with Crippen LogP contribution in [0.15, 0.2) is 17.6 Å². The lowest BCUT2D eigenvalue weighted by atomic mass is 10.7. The Bertz CT molecular complexity index is 409. The van der Waals surface area contributed by atoms with Gasteiger partial charge in [-0.2, -0.15) is 0 Å². The molecule has 0 bridgehead atoms. The van der Waals surface area contributed by atoms with E-state index in [1.54, 1.807) is 16.9 Å². The number of nitrogens with two attached hydrogens (primary N) is 1. The van der Waals surface area contributed by atoms with Gasteiger partial charge < -0.3 is 5.73 Å². The number of fused-ring (bicyclic) bond motifs is 1. The molecule has 0 aliphatic rings. The van der Waals surface area contributed by atoms with Crippen molar-refractivity contribution in [1.29, 1.82) is 0 Å². The summed E-state index contributed by atoms with van der Waals surface area (Å²) in [5, 5.41) is 4.79. The average molecular weight is 181 g/mol. The van der Waals surface area contributed by atoms with Gasteiger partial charge in [0.25, 0.3) is 0 Å². The van der Waals surface area contributed by atoms with Crippen molar-refractivity contribution in [2.45, 2.75) is 5.16 Å². The van der Waals surface area contributed by atoms with Gasteiger partial charge in [-0.1, -0.05) is 11.8 Å². The Morgan fingerprint density at radius 3 is 3.17 bits per heavy atom. The SMILES string of the molecule is CSc1nc(N)c2nccn2n1. The molecule has 2 aromatic rings. The van der Waals surface area contributed by atoms with Crippen LogP contribution in [0, 0.1) is 0 Å². The second-order valence-electron chi connectivity index (χ2n) is 2.18. The van der Waals surface area contributed by atoms with Crippen LogP contribution < -0.4 is 5.73 Å². The molecule has 12 heavy (non-hydrogen) atoms. The molecule has 0 spiro atoms. The van der Waals surface area contributed by atoms with E-state index in [0.717, 1.165) is 0 Å². The highest BCUT2D eigenvalue weighted by atomic mass is 32.2. The van der Waals surface area contributed by atoms with Gasteiger partial charge in [-0.15, -0.1) is 5.10 Å². The number of rotatable bonds is 1. The highest BCUT2D eigenvalue weighted by Crippen LogP contribution is 2.12. The van der Waals surface area contributed by atoms with E-state index in [1.807, 2.05) is 6.26 Å². The van der Waals surface area contributed by atoms with Gasteiger partial charge in [-0.05, 0) is 6.26 Å². The second-order valence-corrected chi connectivity index (χ2v) is 2.95. The number of hydrogen-bond acceptors (Lipinski definition) is 5. The van der Waals surface area contributed by atoms with Crippen molar-refractivity contribution in [1.82, 2.24) is 19.6 Å². The Labute approximate surface area is 73.0 Å². The number of anilines is 1. The molecule has 0 atom stereocenters. The molecule has 0 radical (unpaired) electrons. The zero-order valence-electron chi connectivity index (χ0n) is 6.43. The van der Waals surface area contributed by atoms with Crippen LogP contribution in [0.5, 0.6) is 0 Å². The Balaban J connectivity index is 2.75. The van der Waals surface area contributed by atoms with Crippen molar-refractivity contribution in [3.8, 4) is 0 Å². The largest absolute Gasteiger partial charge is 0.380 e. The summed E-state index contributed by atoms with van der Waals surface area (Å²) in [6, 6.07) is 0. The standard InChI is InChI=1S/C6H7N5S/c1-12-6-9-4(7)5-8-2-3-11(5)10-6/h2-3H,1H3,(H2,7,9,10). The van der Waals surface area contributed by atoms with Crippen molar-refractivity contribution < 1.29 is 0 Å². The first kappa shape index (κ1) is 7.35. The molecule has 2 N–H and O–H groups in total. The molecule has 0 aliphatic carbocycles. The van der Waals surface area contributed by atoms with E-state index < -0.39 is 0 Å². The number of nitrogens with zero attached hydrogens (tertiary/aromatic N) is 4. The maximum atomic E-state index is 5.63. The van der Waals surface area contributed by atoms with E-state index in [2.05, 4.69) is 15.1 Å². The molecular formula is C6H7N5S. The maximum absolute atomic E-state index is 5.63. The Morgan fingerprint density at radius 2 is 2.42 bits per heavy atom. The molecule has 0 amide bonds. The quantitative estimate of drug-likeness (QED) is 0.646. The van der Waals surface area contributed by atoms with Crippen LogP contribution in [0.4, 0.5) is 5.82 Å². The molecule has 0 saturated heterocycles. The zero-order valence-corrected chi connectivity index (χ0v) is 7.25. The Morgan fingerprint density at radius 1 is 1.58 bits per heavy atom. The minimum absolute atomic E-state index is 0.416. The van der Waals surface area contributed by atoms with Gasteiger partial charge in [0.05, 0.1) is 0 Å². The predicted octanol–water partition coefficient (Wildman–Crippen LogP) is 0.428. The van der Waals surface area contributed by atoms with Crippen LogP contribution in [0.25, 0.3) is 5.65 Å². The van der Waals surface area contributed by atoms with E-state index in [0.29, 0.717) is 16.6 Å². The van der Waals surface area contributed by atoms with E-state index in [9.17, 15) is 0 Å². The fourth-order valence-corrected chi connectivity index (χ4v) is 1.27. The summed E-state index contributed by atoms with van der Waals surface area (Å²) in [5.74, 6) is 0.416. The van der Waals surface area contributed by atoms with E-state index >= 15 is 0 Å². The molecule has 0 aliphatic heterocycles. The Kier molecular flexibility index (Phi) is 1.61. The molecular weight excluding hydrogens is 174 g/mol. The van der Waals surface area contributed by atoms with Crippen LogP contribution in [0.3, 0.4) is 0 Å². The number of imidazole rings is 1. The van der Waals surface area contributed by atoms with Crippen LogP contribution >= 0.6 is 11.8 Å². The summed E-state index contributed by atoms with van der Waals surface area (Å²) in [7, 11) is 0. The lowest BCUT2D eigenvalue weighted by Crippen LogP contribution is -2.01. The number of thioether (sulfide) groups is 1. The van der Waals surface area contributed by atoms with E-state index in [1.165, 1.54) is 11.8 Å². The van der Waals surface area contributed by atoms with Crippen LogP contribution in [0.2, 0.25) is 0 Å². The Hall–Kier alpha value is -1.30. The molecule has 62 valence electrons. The maximum Gasteiger partial charge on any atom is 0.209 e. The number of hydrogen-bond donors (Lipinski definition) is 1. The summed E-state index contributed by atoms with van der Waals surface area (Å²) < 4.78 is 1.62. The van der Waals surface area contributed by atoms with Gasteiger partial charge in [0, 0.05) is 12.4 Å². The van der Waals surface area contributed by atoms with Gasteiger partial charge in [0.15, 0.2) is 11.5 Å². The smallest absolute Gasteiger partial charge is 0.209 e. The van der Waals surface area contributed by atoms with Crippen LogP contribution in [-0.4, -0.2) is 25.8 Å². The third-order valence-corrected chi connectivity index (χ3v) is 1.98. The van der Waals surface area contributed by atoms with Gasteiger partial charge >= 0.3 is 0 Å². The highest BCUT2D eigenvalue weighted by molar-refractivity contribution is 7.98. The molecule has 2 heterocycles. The lowest BCUT2D eigenvalue weighted by molar-refractivity contribution is 0.800. The summed E-state index contributed by atoms with van der Waals surface area (Å²) in [6.07, 6.45) is 5.29. The van der Waals surface area contributed by atoms with Gasteiger partial charge in [-0.3, -0.25) is 0 Å². The molecule has 0 fully saturated rings.